The minimum absolute atomic E-state index is 0.0275. The normalized spacial score (nSPS) is 11.5. The third kappa shape index (κ3) is 3.79. The minimum atomic E-state index is -4.66. The van der Waals surface area contributed by atoms with Crippen LogP contribution in [0.25, 0.3) is 0 Å². The van der Waals surface area contributed by atoms with E-state index in [4.69, 9.17) is 5.11 Å². The number of aliphatic hydroxyl groups is 1. The monoisotopic (exact) mass is 220 g/mol. The third-order valence-corrected chi connectivity index (χ3v) is 1.93. The van der Waals surface area contributed by atoms with Gasteiger partial charge in [-0.05, 0) is 36.6 Å². The molecule has 0 heterocycles. The molecule has 0 unspecified atom stereocenters. The van der Waals surface area contributed by atoms with Gasteiger partial charge in [0, 0.05) is 6.61 Å². The highest BCUT2D eigenvalue weighted by Crippen LogP contribution is 2.24. The highest BCUT2D eigenvalue weighted by molar-refractivity contribution is 5.35. The van der Waals surface area contributed by atoms with Gasteiger partial charge >= 0.3 is 6.36 Å². The van der Waals surface area contributed by atoms with Crippen molar-refractivity contribution >= 4 is 0 Å². The molecule has 0 atom stereocenters. The van der Waals surface area contributed by atoms with E-state index in [1.807, 2.05) is 0 Å². The van der Waals surface area contributed by atoms with E-state index in [0.717, 1.165) is 5.56 Å². The molecule has 1 rings (SSSR count). The molecule has 0 fully saturated rings. The Hall–Kier alpha value is -1.23. The molecule has 1 aromatic carbocycles. The molecule has 0 aliphatic carbocycles. The highest BCUT2D eigenvalue weighted by Gasteiger charge is 2.31. The van der Waals surface area contributed by atoms with Crippen molar-refractivity contribution in [1.82, 2.24) is 0 Å². The maximum atomic E-state index is 11.9. The Morgan fingerprint density at radius 3 is 2.47 bits per heavy atom. The lowest BCUT2D eigenvalue weighted by molar-refractivity contribution is -0.274. The second-order valence-corrected chi connectivity index (χ2v) is 3.11. The number of alkyl halides is 3. The van der Waals surface area contributed by atoms with Gasteiger partial charge in [-0.15, -0.1) is 13.2 Å². The van der Waals surface area contributed by atoms with Gasteiger partial charge in [-0.2, -0.15) is 0 Å². The van der Waals surface area contributed by atoms with Crippen LogP contribution in [0.2, 0.25) is 0 Å². The zero-order valence-corrected chi connectivity index (χ0v) is 8.14. The highest BCUT2D eigenvalue weighted by atomic mass is 19.4. The molecule has 0 spiro atoms. The van der Waals surface area contributed by atoms with Gasteiger partial charge in [-0.1, -0.05) is 6.07 Å². The average molecular weight is 220 g/mol. The molecule has 5 heteroatoms. The van der Waals surface area contributed by atoms with E-state index in [1.165, 1.54) is 18.2 Å². The summed E-state index contributed by atoms with van der Waals surface area (Å²) in [6.07, 6.45) is -4.23. The summed E-state index contributed by atoms with van der Waals surface area (Å²) >= 11 is 0. The van der Waals surface area contributed by atoms with Gasteiger partial charge in [-0.3, -0.25) is 0 Å². The number of hydrogen-bond donors (Lipinski definition) is 1. The summed E-state index contributed by atoms with van der Waals surface area (Å²) < 4.78 is 39.3. The first-order chi connectivity index (χ1) is 6.92. The first-order valence-corrected chi connectivity index (χ1v) is 4.38. The van der Waals surface area contributed by atoms with Crippen molar-refractivity contribution in [2.75, 3.05) is 6.61 Å². The molecule has 0 saturated heterocycles. The number of ether oxygens (including phenoxy) is 1. The topological polar surface area (TPSA) is 29.5 Å². The second-order valence-electron chi connectivity index (χ2n) is 3.11. The number of hydrogen-bond acceptors (Lipinski definition) is 2. The lowest BCUT2D eigenvalue weighted by atomic mass is 10.1. The Morgan fingerprint density at radius 2 is 2.00 bits per heavy atom. The standard InChI is InChI=1S/C10H11F3O2/c1-7-6-9(15-10(11,12)13)3-2-8(7)4-5-14/h2-3,6,14H,4-5H2,1H3. The van der Waals surface area contributed by atoms with E-state index in [1.54, 1.807) is 6.92 Å². The van der Waals surface area contributed by atoms with Gasteiger partial charge in [0.15, 0.2) is 0 Å². The van der Waals surface area contributed by atoms with Crippen molar-refractivity contribution in [3.05, 3.63) is 29.3 Å². The van der Waals surface area contributed by atoms with E-state index >= 15 is 0 Å². The minimum Gasteiger partial charge on any atom is -0.406 e. The molecule has 0 aliphatic heterocycles. The van der Waals surface area contributed by atoms with Crippen LogP contribution in [-0.2, 0) is 6.42 Å². The predicted octanol–water partition coefficient (Wildman–Crippen LogP) is 2.43. The molecule has 0 aliphatic rings. The van der Waals surface area contributed by atoms with Gasteiger partial charge in [0.1, 0.15) is 5.75 Å². The summed E-state index contributed by atoms with van der Waals surface area (Å²) in [6, 6.07) is 4.07. The number of halogens is 3. The fourth-order valence-electron chi connectivity index (χ4n) is 1.27. The van der Waals surface area contributed by atoms with Crippen molar-refractivity contribution in [2.45, 2.75) is 19.7 Å². The maximum Gasteiger partial charge on any atom is 0.573 e. The van der Waals surface area contributed by atoms with Gasteiger partial charge in [0.25, 0.3) is 0 Å². The molecule has 0 amide bonds. The summed E-state index contributed by atoms with van der Waals surface area (Å²) in [6.45, 7) is 1.65. The van der Waals surface area contributed by atoms with Crippen LogP contribution in [0.3, 0.4) is 0 Å². The van der Waals surface area contributed by atoms with Crippen LogP contribution in [0.5, 0.6) is 5.75 Å². The Bertz CT molecular complexity index is 334. The largest absolute Gasteiger partial charge is 0.573 e. The van der Waals surface area contributed by atoms with E-state index in [9.17, 15) is 13.2 Å². The molecular weight excluding hydrogens is 209 g/mol. The van der Waals surface area contributed by atoms with Crippen LogP contribution < -0.4 is 4.74 Å². The zero-order chi connectivity index (χ0) is 11.5. The fourth-order valence-corrected chi connectivity index (χ4v) is 1.27. The number of rotatable bonds is 3. The van der Waals surface area contributed by atoms with Crippen LogP contribution in [0.4, 0.5) is 13.2 Å². The molecule has 0 saturated carbocycles. The van der Waals surface area contributed by atoms with Gasteiger partial charge in [0.05, 0.1) is 0 Å². The zero-order valence-electron chi connectivity index (χ0n) is 8.14. The maximum absolute atomic E-state index is 11.9. The van der Waals surface area contributed by atoms with E-state index < -0.39 is 6.36 Å². The Balaban J connectivity index is 2.82. The molecule has 1 aromatic rings. The number of benzene rings is 1. The summed E-state index contributed by atoms with van der Waals surface area (Å²) in [4.78, 5) is 0. The Labute approximate surface area is 85.3 Å². The first-order valence-electron chi connectivity index (χ1n) is 4.38. The van der Waals surface area contributed by atoms with Crippen LogP contribution in [0.1, 0.15) is 11.1 Å². The van der Waals surface area contributed by atoms with Gasteiger partial charge in [0.2, 0.25) is 0 Å². The van der Waals surface area contributed by atoms with E-state index in [0.29, 0.717) is 12.0 Å². The predicted molar refractivity (Wildman–Crippen MR) is 48.7 cm³/mol. The fraction of sp³-hybridized carbons (Fsp3) is 0.400. The van der Waals surface area contributed by atoms with Gasteiger partial charge < -0.3 is 9.84 Å². The van der Waals surface area contributed by atoms with Crippen molar-refractivity contribution < 1.29 is 23.0 Å². The number of aliphatic hydroxyl groups excluding tert-OH is 1. The lowest BCUT2D eigenvalue weighted by Crippen LogP contribution is -2.17. The Morgan fingerprint density at radius 1 is 1.33 bits per heavy atom. The van der Waals surface area contributed by atoms with E-state index in [-0.39, 0.29) is 12.4 Å². The van der Waals surface area contributed by atoms with Crippen molar-refractivity contribution in [1.29, 1.82) is 0 Å². The smallest absolute Gasteiger partial charge is 0.406 e. The molecular formula is C10H11F3O2. The summed E-state index contributed by atoms with van der Waals surface area (Å²) in [5.74, 6) is -0.235. The summed E-state index contributed by atoms with van der Waals surface area (Å²) in [7, 11) is 0. The average Bonchev–Trinajstić information content (AvgIpc) is 2.07. The third-order valence-electron chi connectivity index (χ3n) is 1.93. The quantitative estimate of drug-likeness (QED) is 0.847. The summed E-state index contributed by atoms with van der Waals surface area (Å²) in [5, 5.41) is 8.69. The molecule has 0 aromatic heterocycles. The van der Waals surface area contributed by atoms with Crippen LogP contribution in [0, 0.1) is 6.92 Å². The van der Waals surface area contributed by atoms with E-state index in [2.05, 4.69) is 4.74 Å². The van der Waals surface area contributed by atoms with Crippen LogP contribution in [-0.4, -0.2) is 18.1 Å². The lowest BCUT2D eigenvalue weighted by Gasteiger charge is -2.11. The van der Waals surface area contributed by atoms with Crippen LogP contribution >= 0.6 is 0 Å². The molecule has 1 N–H and O–H groups in total. The summed E-state index contributed by atoms with van der Waals surface area (Å²) in [5.41, 5.74) is 1.48. The second kappa shape index (κ2) is 4.53. The molecule has 2 nitrogen and oxygen atoms in total. The number of aryl methyl sites for hydroxylation is 1. The van der Waals surface area contributed by atoms with Crippen molar-refractivity contribution in [3.8, 4) is 5.75 Å². The first kappa shape index (κ1) is 11.8. The molecule has 0 bridgehead atoms. The molecule has 0 radical (unpaired) electrons. The van der Waals surface area contributed by atoms with Crippen molar-refractivity contribution in [2.24, 2.45) is 0 Å². The molecule has 15 heavy (non-hydrogen) atoms. The molecule has 84 valence electrons. The van der Waals surface area contributed by atoms with Gasteiger partial charge in [-0.25, -0.2) is 0 Å². The van der Waals surface area contributed by atoms with Crippen molar-refractivity contribution in [3.63, 3.8) is 0 Å². The SMILES string of the molecule is Cc1cc(OC(F)(F)F)ccc1CCO. The Kier molecular flexibility index (Phi) is 3.57. The van der Waals surface area contributed by atoms with Crippen LogP contribution in [0.15, 0.2) is 18.2 Å².